The number of aryl methyl sites for hydroxylation is 1. The number of rotatable bonds is 5. The van der Waals surface area contributed by atoms with Gasteiger partial charge in [0, 0.05) is 6.04 Å². The average molecular weight is 265 g/mol. The van der Waals surface area contributed by atoms with Crippen LogP contribution < -0.4 is 5.32 Å². The van der Waals surface area contributed by atoms with Crippen LogP contribution in [0.4, 0.5) is 4.39 Å². The Morgan fingerprint density at radius 2 is 1.89 bits per heavy atom. The molecular formula is C17H28FN. The molecule has 0 saturated heterocycles. The van der Waals surface area contributed by atoms with Crippen molar-refractivity contribution in [3.05, 3.63) is 35.1 Å². The van der Waals surface area contributed by atoms with E-state index in [2.05, 4.69) is 39.9 Å². The van der Waals surface area contributed by atoms with Crippen LogP contribution in [0, 0.1) is 24.1 Å². The van der Waals surface area contributed by atoms with Gasteiger partial charge in [-0.15, -0.1) is 0 Å². The molecule has 1 nitrogen and oxygen atoms in total. The molecule has 0 spiro atoms. The summed E-state index contributed by atoms with van der Waals surface area (Å²) in [5, 5.41) is 3.54. The molecule has 2 atom stereocenters. The molecular weight excluding hydrogens is 237 g/mol. The highest BCUT2D eigenvalue weighted by Gasteiger charge is 2.24. The first kappa shape index (κ1) is 16.2. The van der Waals surface area contributed by atoms with Crippen molar-refractivity contribution < 1.29 is 4.39 Å². The van der Waals surface area contributed by atoms with Gasteiger partial charge in [-0.1, -0.05) is 40.7 Å². The lowest BCUT2D eigenvalue weighted by molar-refractivity contribution is 0.223. The molecule has 1 rings (SSSR count). The Kier molecular flexibility index (Phi) is 5.54. The molecule has 0 saturated carbocycles. The van der Waals surface area contributed by atoms with Crippen LogP contribution in [0.2, 0.25) is 0 Å². The van der Waals surface area contributed by atoms with Crippen LogP contribution in [0.3, 0.4) is 0 Å². The minimum absolute atomic E-state index is 0.152. The molecule has 1 aromatic rings. The lowest BCUT2D eigenvalue weighted by Gasteiger charge is -2.32. The highest BCUT2D eigenvalue weighted by molar-refractivity contribution is 5.29. The monoisotopic (exact) mass is 265 g/mol. The summed E-state index contributed by atoms with van der Waals surface area (Å²) in [7, 11) is 0. The largest absolute Gasteiger partial charge is 0.310 e. The molecule has 0 heterocycles. The van der Waals surface area contributed by atoms with Crippen molar-refractivity contribution in [1.82, 2.24) is 5.32 Å². The minimum Gasteiger partial charge on any atom is -0.310 e. The van der Waals surface area contributed by atoms with Crippen molar-refractivity contribution in [3.8, 4) is 0 Å². The lowest BCUT2D eigenvalue weighted by atomic mass is 9.77. The fourth-order valence-corrected chi connectivity index (χ4v) is 2.30. The van der Waals surface area contributed by atoms with Gasteiger partial charge in [0.15, 0.2) is 0 Å². The minimum atomic E-state index is -0.152. The summed E-state index contributed by atoms with van der Waals surface area (Å²) in [5.41, 5.74) is 2.55. The number of nitrogens with one attached hydrogen (secondary N) is 1. The first-order chi connectivity index (χ1) is 8.75. The molecule has 0 aliphatic carbocycles. The molecule has 0 aliphatic heterocycles. The summed E-state index contributed by atoms with van der Waals surface area (Å²) in [6.45, 7) is 14.2. The molecule has 0 amide bonds. The van der Waals surface area contributed by atoms with Gasteiger partial charge in [-0.2, -0.15) is 0 Å². The summed E-state index contributed by atoms with van der Waals surface area (Å²) >= 11 is 0. The Hall–Kier alpha value is -0.890. The van der Waals surface area contributed by atoms with E-state index in [9.17, 15) is 4.39 Å². The van der Waals surface area contributed by atoms with Crippen LogP contribution >= 0.6 is 0 Å². The maximum atomic E-state index is 13.2. The van der Waals surface area contributed by atoms with E-state index in [1.54, 1.807) is 12.1 Å². The second-order valence-corrected chi connectivity index (χ2v) is 6.61. The third-order valence-electron chi connectivity index (χ3n) is 4.13. The van der Waals surface area contributed by atoms with Crippen molar-refractivity contribution in [2.45, 2.75) is 54.0 Å². The Morgan fingerprint density at radius 3 is 2.37 bits per heavy atom. The Labute approximate surface area is 117 Å². The van der Waals surface area contributed by atoms with Crippen molar-refractivity contribution in [2.24, 2.45) is 11.3 Å². The molecule has 2 unspecified atom stereocenters. The second-order valence-electron chi connectivity index (χ2n) is 6.61. The van der Waals surface area contributed by atoms with Crippen LogP contribution in [-0.4, -0.2) is 6.54 Å². The van der Waals surface area contributed by atoms with E-state index in [0.29, 0.717) is 17.4 Å². The van der Waals surface area contributed by atoms with Gasteiger partial charge >= 0.3 is 0 Å². The summed E-state index contributed by atoms with van der Waals surface area (Å²) < 4.78 is 13.2. The smallest absolute Gasteiger partial charge is 0.123 e. The maximum Gasteiger partial charge on any atom is 0.123 e. The van der Waals surface area contributed by atoms with Gasteiger partial charge in [0.25, 0.3) is 0 Å². The zero-order valence-electron chi connectivity index (χ0n) is 13.2. The molecule has 0 aliphatic rings. The number of halogens is 1. The average Bonchev–Trinajstić information content (AvgIpc) is 2.27. The highest BCUT2D eigenvalue weighted by atomic mass is 19.1. The van der Waals surface area contributed by atoms with Crippen molar-refractivity contribution in [3.63, 3.8) is 0 Å². The molecule has 0 fully saturated rings. The third kappa shape index (κ3) is 4.61. The molecule has 0 bridgehead atoms. The van der Waals surface area contributed by atoms with Gasteiger partial charge in [0.1, 0.15) is 5.82 Å². The van der Waals surface area contributed by atoms with Crippen molar-refractivity contribution >= 4 is 0 Å². The molecule has 1 N–H and O–H groups in total. The molecule has 108 valence electrons. The Morgan fingerprint density at radius 1 is 1.26 bits per heavy atom. The van der Waals surface area contributed by atoms with E-state index in [-0.39, 0.29) is 5.82 Å². The zero-order chi connectivity index (χ0) is 14.6. The first-order valence-corrected chi connectivity index (χ1v) is 7.25. The summed E-state index contributed by atoms with van der Waals surface area (Å²) in [6.07, 6.45) is 1.07. The van der Waals surface area contributed by atoms with Gasteiger partial charge in [-0.3, -0.25) is 0 Å². The number of hydrogen-bond donors (Lipinski definition) is 1. The van der Waals surface area contributed by atoms with Gasteiger partial charge in [-0.25, -0.2) is 4.39 Å². The van der Waals surface area contributed by atoms with Crippen LogP contribution in [0.1, 0.15) is 58.2 Å². The summed E-state index contributed by atoms with van der Waals surface area (Å²) in [5.74, 6) is 0.446. The number of benzene rings is 1. The van der Waals surface area contributed by atoms with E-state index < -0.39 is 0 Å². The third-order valence-corrected chi connectivity index (χ3v) is 4.13. The normalized spacial score (nSPS) is 15.3. The summed E-state index contributed by atoms with van der Waals surface area (Å²) in [6, 6.07) is 5.42. The molecule has 19 heavy (non-hydrogen) atoms. The van der Waals surface area contributed by atoms with Crippen LogP contribution in [0.15, 0.2) is 18.2 Å². The molecule has 0 radical (unpaired) electrons. The lowest BCUT2D eigenvalue weighted by Crippen LogP contribution is -2.28. The van der Waals surface area contributed by atoms with Gasteiger partial charge in [0.05, 0.1) is 0 Å². The fourth-order valence-electron chi connectivity index (χ4n) is 2.30. The van der Waals surface area contributed by atoms with Crippen molar-refractivity contribution in [1.29, 1.82) is 0 Å². The SMILES string of the molecule is CCNC(CC(C)C(C)(C)C)c1ccc(F)cc1C. The Bertz CT molecular complexity index is 406. The summed E-state index contributed by atoms with van der Waals surface area (Å²) in [4.78, 5) is 0. The van der Waals surface area contributed by atoms with Crippen molar-refractivity contribution in [2.75, 3.05) is 6.54 Å². The van der Waals surface area contributed by atoms with E-state index in [0.717, 1.165) is 18.5 Å². The van der Waals surface area contributed by atoms with Gasteiger partial charge in [0.2, 0.25) is 0 Å². The topological polar surface area (TPSA) is 12.0 Å². The molecule has 1 aromatic carbocycles. The second kappa shape index (κ2) is 6.51. The fraction of sp³-hybridized carbons (Fsp3) is 0.647. The van der Waals surface area contributed by atoms with E-state index in [4.69, 9.17) is 0 Å². The van der Waals surface area contributed by atoms with Gasteiger partial charge < -0.3 is 5.32 Å². The quantitative estimate of drug-likeness (QED) is 0.802. The highest BCUT2D eigenvalue weighted by Crippen LogP contribution is 2.34. The molecule has 2 heteroatoms. The van der Waals surface area contributed by atoms with Crippen LogP contribution in [0.5, 0.6) is 0 Å². The van der Waals surface area contributed by atoms with E-state index in [1.165, 1.54) is 5.56 Å². The van der Waals surface area contributed by atoms with Gasteiger partial charge in [-0.05, 0) is 54.5 Å². The molecule has 0 aromatic heterocycles. The number of hydrogen-bond acceptors (Lipinski definition) is 1. The Balaban J connectivity index is 2.94. The predicted molar refractivity (Wildman–Crippen MR) is 80.8 cm³/mol. The van der Waals surface area contributed by atoms with Crippen LogP contribution in [-0.2, 0) is 0 Å². The van der Waals surface area contributed by atoms with E-state index >= 15 is 0 Å². The standard InChI is InChI=1S/C17H28FN/c1-7-19-16(11-13(3)17(4,5)6)15-9-8-14(18)10-12(15)2/h8-10,13,16,19H,7,11H2,1-6H3. The van der Waals surface area contributed by atoms with E-state index in [1.807, 2.05) is 13.0 Å². The van der Waals surface area contributed by atoms with Crippen LogP contribution in [0.25, 0.3) is 0 Å². The maximum absolute atomic E-state index is 13.2. The first-order valence-electron chi connectivity index (χ1n) is 7.25. The zero-order valence-corrected chi connectivity index (χ0v) is 13.2. The predicted octanol–water partition coefficient (Wildman–Crippen LogP) is 4.86.